The van der Waals surface area contributed by atoms with Crippen LogP contribution in [0.4, 0.5) is 48.3 Å². The second kappa shape index (κ2) is 6.62. The molecule has 1 aromatic carbocycles. The minimum absolute atomic E-state index is 0.237. The lowest BCUT2D eigenvalue weighted by molar-refractivity contribution is -0.341. The van der Waals surface area contributed by atoms with Crippen molar-refractivity contribution >= 4 is 34.7 Å². The van der Waals surface area contributed by atoms with Gasteiger partial charge >= 0.3 is 29.9 Å². The summed E-state index contributed by atoms with van der Waals surface area (Å²) >= 11 is 11.0. The first-order valence-corrected chi connectivity index (χ1v) is 7.94. The van der Waals surface area contributed by atoms with Crippen LogP contribution in [0.2, 0.25) is 10.0 Å². The standard InChI is InChI=1S/C15H5Cl2F11O2/c16-6-2-1-5(3-7(6)17)8(29)4-9(30)10(15(26,27)28)11(18,19)13(22,23)14(24,25)12(10,20)21/h1-4,29H/p-1/b8-4-. The van der Waals surface area contributed by atoms with Crippen LogP contribution in [0.3, 0.4) is 0 Å². The highest BCUT2D eigenvalue weighted by Gasteiger charge is 3.06. The molecule has 1 saturated carbocycles. The van der Waals surface area contributed by atoms with E-state index in [1.807, 2.05) is 0 Å². The van der Waals surface area contributed by atoms with E-state index < -0.39 is 63.5 Å². The molecule has 15 heteroatoms. The number of benzene rings is 1. The Morgan fingerprint density at radius 1 is 0.833 bits per heavy atom. The number of hydrogen-bond donors (Lipinski definition) is 0. The lowest BCUT2D eigenvalue weighted by Crippen LogP contribution is -2.64. The van der Waals surface area contributed by atoms with Crippen molar-refractivity contribution in [2.75, 3.05) is 0 Å². The van der Waals surface area contributed by atoms with Gasteiger partial charge in [-0.2, -0.15) is 48.3 Å². The monoisotopic (exact) mass is 495 g/mol. The van der Waals surface area contributed by atoms with Gasteiger partial charge < -0.3 is 5.11 Å². The number of halogens is 13. The van der Waals surface area contributed by atoms with Gasteiger partial charge in [-0.15, -0.1) is 0 Å². The van der Waals surface area contributed by atoms with Crippen LogP contribution in [0.25, 0.3) is 5.76 Å². The second-order valence-electron chi connectivity index (χ2n) is 6.05. The van der Waals surface area contributed by atoms with Gasteiger partial charge in [0.05, 0.1) is 10.0 Å². The number of allylic oxidation sites excluding steroid dienone is 1. The fourth-order valence-corrected chi connectivity index (χ4v) is 3.13. The van der Waals surface area contributed by atoms with E-state index in [4.69, 9.17) is 23.2 Å². The smallest absolute Gasteiger partial charge is 0.414 e. The Morgan fingerprint density at radius 2 is 1.27 bits per heavy atom. The Labute approximate surface area is 168 Å². The molecule has 1 fully saturated rings. The molecule has 2 rings (SSSR count). The van der Waals surface area contributed by atoms with Crippen molar-refractivity contribution in [3.05, 3.63) is 39.9 Å². The number of hydrogen-bond acceptors (Lipinski definition) is 2. The number of carbonyl (C=O) groups excluding carboxylic acids is 1. The Balaban J connectivity index is 2.83. The van der Waals surface area contributed by atoms with Gasteiger partial charge in [0.15, 0.2) is 5.78 Å². The normalized spacial score (nSPS) is 24.0. The molecule has 0 heterocycles. The molecule has 0 unspecified atom stereocenters. The van der Waals surface area contributed by atoms with Crippen LogP contribution in [0.1, 0.15) is 5.56 Å². The highest BCUT2D eigenvalue weighted by atomic mass is 35.5. The topological polar surface area (TPSA) is 40.1 Å². The van der Waals surface area contributed by atoms with Crippen LogP contribution in [0, 0.1) is 5.41 Å². The van der Waals surface area contributed by atoms with Crippen molar-refractivity contribution in [2.45, 2.75) is 29.9 Å². The van der Waals surface area contributed by atoms with Crippen LogP contribution in [-0.2, 0) is 4.79 Å². The number of rotatable bonds is 3. The molecule has 0 atom stereocenters. The summed E-state index contributed by atoms with van der Waals surface area (Å²) in [6, 6.07) is 2.06. The van der Waals surface area contributed by atoms with E-state index in [0.717, 1.165) is 6.07 Å². The van der Waals surface area contributed by atoms with Crippen molar-refractivity contribution in [3.8, 4) is 0 Å². The van der Waals surface area contributed by atoms with Crippen molar-refractivity contribution in [1.29, 1.82) is 0 Å². The van der Waals surface area contributed by atoms with Crippen LogP contribution >= 0.6 is 23.2 Å². The molecule has 0 aromatic heterocycles. The Bertz CT molecular complexity index is 896. The second-order valence-corrected chi connectivity index (χ2v) is 6.86. The third-order valence-corrected chi connectivity index (χ3v) is 5.13. The summed E-state index contributed by atoms with van der Waals surface area (Å²) in [5.41, 5.74) is -7.80. The molecule has 0 radical (unpaired) electrons. The molecule has 0 aliphatic heterocycles. The van der Waals surface area contributed by atoms with E-state index in [9.17, 15) is 58.2 Å². The largest absolute Gasteiger partial charge is 0.872 e. The molecule has 0 saturated heterocycles. The van der Waals surface area contributed by atoms with Crippen molar-refractivity contribution in [3.63, 3.8) is 0 Å². The van der Waals surface area contributed by atoms with Gasteiger partial charge in [0.1, 0.15) is 0 Å². The van der Waals surface area contributed by atoms with Gasteiger partial charge in [0, 0.05) is 0 Å². The Hall–Kier alpha value is -1.76. The van der Waals surface area contributed by atoms with E-state index in [2.05, 4.69) is 0 Å². The zero-order valence-corrected chi connectivity index (χ0v) is 15.1. The maximum atomic E-state index is 13.9. The number of ketones is 1. The van der Waals surface area contributed by atoms with E-state index in [0.29, 0.717) is 12.1 Å². The lowest BCUT2D eigenvalue weighted by Gasteiger charge is -2.37. The first kappa shape index (κ1) is 24.5. The summed E-state index contributed by atoms with van der Waals surface area (Å²) in [5.74, 6) is -35.0. The predicted octanol–water partition coefficient (Wildman–Crippen LogP) is 5.37. The Kier molecular flexibility index (Phi) is 5.41. The third kappa shape index (κ3) is 2.66. The average Bonchev–Trinajstić information content (AvgIpc) is 2.61. The van der Waals surface area contributed by atoms with Crippen LogP contribution in [0.15, 0.2) is 24.3 Å². The van der Waals surface area contributed by atoms with Crippen LogP contribution < -0.4 is 5.11 Å². The minimum atomic E-state index is -7.34. The highest BCUT2D eigenvalue weighted by Crippen LogP contribution is 2.75. The molecule has 1 aromatic rings. The van der Waals surface area contributed by atoms with Crippen molar-refractivity contribution < 1.29 is 58.2 Å². The maximum Gasteiger partial charge on any atom is 0.414 e. The molecule has 0 spiro atoms. The third-order valence-electron chi connectivity index (χ3n) is 4.39. The fraction of sp³-hybridized carbons (Fsp3) is 0.400. The molecule has 168 valence electrons. The van der Waals surface area contributed by atoms with Crippen LogP contribution in [0.5, 0.6) is 0 Å². The predicted molar refractivity (Wildman–Crippen MR) is 77.7 cm³/mol. The van der Waals surface area contributed by atoms with E-state index >= 15 is 0 Å². The van der Waals surface area contributed by atoms with Crippen molar-refractivity contribution in [2.24, 2.45) is 5.41 Å². The van der Waals surface area contributed by atoms with Gasteiger partial charge in [-0.25, -0.2) is 0 Å². The average molecular weight is 496 g/mol. The molecule has 0 bridgehead atoms. The summed E-state index contributed by atoms with van der Waals surface area (Å²) in [4.78, 5) is 11.9. The SMILES string of the molecule is O=C(/C=C(\[O-])c1ccc(Cl)c(Cl)c1)C1(C(F)(F)F)C(F)(F)C(F)(F)C(F)(F)C1(F)F. The maximum absolute atomic E-state index is 13.9. The fourth-order valence-electron chi connectivity index (χ4n) is 2.83. The zero-order valence-electron chi connectivity index (χ0n) is 13.5. The first-order chi connectivity index (χ1) is 13.2. The molecule has 0 N–H and O–H groups in total. The first-order valence-electron chi connectivity index (χ1n) is 7.18. The molecule has 0 amide bonds. The van der Waals surface area contributed by atoms with E-state index in [-0.39, 0.29) is 5.02 Å². The summed E-state index contributed by atoms with van der Waals surface area (Å²) < 4.78 is 149. The lowest BCUT2D eigenvalue weighted by atomic mass is 9.74. The zero-order chi connectivity index (χ0) is 23.7. The van der Waals surface area contributed by atoms with Gasteiger partial charge in [-0.3, -0.25) is 4.79 Å². The summed E-state index contributed by atoms with van der Waals surface area (Å²) in [7, 11) is 0. The molecular formula is C15H4Cl2F11O2-. The minimum Gasteiger partial charge on any atom is -0.872 e. The number of alkyl halides is 11. The van der Waals surface area contributed by atoms with Gasteiger partial charge in [-0.05, 0) is 23.8 Å². The highest BCUT2D eigenvalue weighted by molar-refractivity contribution is 6.42. The van der Waals surface area contributed by atoms with Crippen LogP contribution in [-0.4, -0.2) is 35.6 Å². The van der Waals surface area contributed by atoms with Gasteiger partial charge in [-0.1, -0.05) is 35.0 Å². The van der Waals surface area contributed by atoms with E-state index in [1.54, 1.807) is 0 Å². The van der Waals surface area contributed by atoms with Gasteiger partial charge in [0.2, 0.25) is 0 Å². The molecule has 1 aliphatic carbocycles. The Morgan fingerprint density at radius 3 is 1.63 bits per heavy atom. The molecule has 30 heavy (non-hydrogen) atoms. The molecular weight excluding hydrogens is 492 g/mol. The summed E-state index contributed by atoms with van der Waals surface area (Å²) in [5, 5.41) is 11.2. The number of carbonyl (C=O) groups is 1. The summed E-state index contributed by atoms with van der Waals surface area (Å²) in [6.07, 6.45) is -8.39. The summed E-state index contributed by atoms with van der Waals surface area (Å²) in [6.45, 7) is 0. The van der Waals surface area contributed by atoms with E-state index in [1.165, 1.54) is 0 Å². The molecule has 2 nitrogen and oxygen atoms in total. The molecule has 1 aliphatic rings. The van der Waals surface area contributed by atoms with Crippen molar-refractivity contribution in [1.82, 2.24) is 0 Å². The van der Waals surface area contributed by atoms with Gasteiger partial charge in [0.25, 0.3) is 5.41 Å². The quantitative estimate of drug-likeness (QED) is 0.321.